The van der Waals surface area contributed by atoms with Crippen molar-refractivity contribution < 1.29 is 0 Å². The van der Waals surface area contributed by atoms with Crippen molar-refractivity contribution in [2.24, 2.45) is 5.92 Å². The van der Waals surface area contributed by atoms with E-state index in [1.165, 1.54) is 23.1 Å². The maximum Gasteiger partial charge on any atom is 0.0843 e. The lowest BCUT2D eigenvalue weighted by Crippen LogP contribution is -2.32. The predicted octanol–water partition coefficient (Wildman–Crippen LogP) is 4.25. The summed E-state index contributed by atoms with van der Waals surface area (Å²) in [6.45, 7) is 7.92. The van der Waals surface area contributed by atoms with Crippen LogP contribution >= 0.6 is 11.5 Å². The van der Waals surface area contributed by atoms with E-state index in [0.29, 0.717) is 6.04 Å². The molecule has 1 unspecified atom stereocenters. The van der Waals surface area contributed by atoms with Crippen LogP contribution in [0, 0.1) is 5.92 Å². The standard InChI is InChI=1S/C16H24N2S/c1-4-9-17-13(10-12(2)3)11-16-14-7-5-6-8-15(14)18-19-16/h5-8,12-13,17H,4,9-11H2,1-3H3. The third-order valence-corrected chi connectivity index (χ3v) is 4.22. The molecule has 1 atom stereocenters. The number of nitrogens with one attached hydrogen (secondary N) is 1. The maximum absolute atomic E-state index is 4.55. The molecule has 0 aliphatic rings. The molecule has 0 bridgehead atoms. The van der Waals surface area contributed by atoms with E-state index in [1.54, 1.807) is 11.5 Å². The van der Waals surface area contributed by atoms with Gasteiger partial charge in [-0.2, -0.15) is 4.37 Å². The normalized spacial score (nSPS) is 13.3. The number of benzene rings is 1. The van der Waals surface area contributed by atoms with Crippen molar-refractivity contribution in [2.45, 2.75) is 46.1 Å². The van der Waals surface area contributed by atoms with Gasteiger partial charge in [-0.25, -0.2) is 0 Å². The van der Waals surface area contributed by atoms with Gasteiger partial charge in [-0.3, -0.25) is 0 Å². The third kappa shape index (κ3) is 4.02. The van der Waals surface area contributed by atoms with Crippen molar-refractivity contribution in [3.63, 3.8) is 0 Å². The molecule has 0 saturated heterocycles. The molecular formula is C16H24N2S. The first-order chi connectivity index (χ1) is 9.20. The molecule has 104 valence electrons. The lowest BCUT2D eigenvalue weighted by atomic mass is 9.99. The highest BCUT2D eigenvalue weighted by Crippen LogP contribution is 2.24. The highest BCUT2D eigenvalue weighted by molar-refractivity contribution is 7.07. The van der Waals surface area contributed by atoms with E-state index in [4.69, 9.17) is 0 Å². The van der Waals surface area contributed by atoms with Crippen LogP contribution in [-0.2, 0) is 6.42 Å². The van der Waals surface area contributed by atoms with E-state index >= 15 is 0 Å². The van der Waals surface area contributed by atoms with Gasteiger partial charge in [0.15, 0.2) is 0 Å². The molecule has 0 amide bonds. The zero-order chi connectivity index (χ0) is 13.7. The Hall–Kier alpha value is -0.930. The predicted molar refractivity (Wildman–Crippen MR) is 84.9 cm³/mol. The molecule has 0 spiro atoms. The molecule has 0 fully saturated rings. The molecule has 0 aliphatic heterocycles. The molecule has 19 heavy (non-hydrogen) atoms. The fraction of sp³-hybridized carbons (Fsp3) is 0.562. The Kier molecular flexibility index (Phi) is 5.34. The second-order valence-electron chi connectivity index (χ2n) is 5.61. The van der Waals surface area contributed by atoms with Crippen molar-refractivity contribution in [3.8, 4) is 0 Å². The Balaban J connectivity index is 2.11. The van der Waals surface area contributed by atoms with Gasteiger partial charge in [-0.1, -0.05) is 39.0 Å². The smallest absolute Gasteiger partial charge is 0.0843 e. The van der Waals surface area contributed by atoms with E-state index in [1.807, 2.05) is 0 Å². The van der Waals surface area contributed by atoms with Crippen molar-refractivity contribution >= 4 is 22.4 Å². The maximum atomic E-state index is 4.55. The molecule has 1 aromatic carbocycles. The van der Waals surface area contributed by atoms with Crippen LogP contribution in [0.1, 0.15) is 38.5 Å². The van der Waals surface area contributed by atoms with Gasteiger partial charge in [-0.05, 0) is 49.3 Å². The summed E-state index contributed by atoms with van der Waals surface area (Å²) < 4.78 is 4.55. The Morgan fingerprint density at radius 3 is 2.79 bits per heavy atom. The Morgan fingerprint density at radius 2 is 2.05 bits per heavy atom. The summed E-state index contributed by atoms with van der Waals surface area (Å²) in [5, 5.41) is 5.02. The number of aromatic nitrogens is 1. The van der Waals surface area contributed by atoms with Crippen LogP contribution in [0.25, 0.3) is 10.9 Å². The van der Waals surface area contributed by atoms with Crippen molar-refractivity contribution in [3.05, 3.63) is 29.1 Å². The Labute approximate surface area is 120 Å². The van der Waals surface area contributed by atoms with E-state index in [9.17, 15) is 0 Å². The van der Waals surface area contributed by atoms with Gasteiger partial charge < -0.3 is 5.32 Å². The lowest BCUT2D eigenvalue weighted by molar-refractivity contribution is 0.418. The second kappa shape index (κ2) is 7.01. The fourth-order valence-electron chi connectivity index (χ4n) is 2.47. The summed E-state index contributed by atoms with van der Waals surface area (Å²) in [5.41, 5.74) is 1.14. The highest BCUT2D eigenvalue weighted by Gasteiger charge is 2.14. The molecule has 3 heteroatoms. The van der Waals surface area contributed by atoms with Crippen molar-refractivity contribution in [1.82, 2.24) is 9.69 Å². The monoisotopic (exact) mass is 276 g/mol. The average molecular weight is 276 g/mol. The number of fused-ring (bicyclic) bond motifs is 1. The minimum atomic E-state index is 0.573. The summed E-state index contributed by atoms with van der Waals surface area (Å²) in [4.78, 5) is 1.42. The van der Waals surface area contributed by atoms with Gasteiger partial charge in [0.05, 0.1) is 5.52 Å². The van der Waals surface area contributed by atoms with Gasteiger partial charge in [0.1, 0.15) is 0 Å². The molecule has 0 saturated carbocycles. The number of hydrogen-bond donors (Lipinski definition) is 1. The van der Waals surface area contributed by atoms with Crippen molar-refractivity contribution in [2.75, 3.05) is 6.54 Å². The SMILES string of the molecule is CCCNC(Cc1snc2ccccc12)CC(C)C. The minimum absolute atomic E-state index is 0.573. The summed E-state index contributed by atoms with van der Waals surface area (Å²) in [5.74, 6) is 0.730. The van der Waals surface area contributed by atoms with Gasteiger partial charge in [-0.15, -0.1) is 0 Å². The van der Waals surface area contributed by atoms with E-state index < -0.39 is 0 Å². The van der Waals surface area contributed by atoms with Crippen LogP contribution in [0.3, 0.4) is 0 Å². The quantitative estimate of drug-likeness (QED) is 0.817. The Morgan fingerprint density at radius 1 is 1.26 bits per heavy atom. The zero-order valence-electron chi connectivity index (χ0n) is 12.1. The van der Waals surface area contributed by atoms with E-state index in [0.717, 1.165) is 24.4 Å². The van der Waals surface area contributed by atoms with Gasteiger partial charge in [0.25, 0.3) is 0 Å². The van der Waals surface area contributed by atoms with E-state index in [2.05, 4.69) is 54.7 Å². The first-order valence-electron chi connectivity index (χ1n) is 7.27. The highest BCUT2D eigenvalue weighted by atomic mass is 32.1. The van der Waals surface area contributed by atoms with Crippen molar-refractivity contribution in [1.29, 1.82) is 0 Å². The number of hydrogen-bond acceptors (Lipinski definition) is 3. The van der Waals surface area contributed by atoms with Crippen LogP contribution in [-0.4, -0.2) is 17.0 Å². The molecule has 1 heterocycles. The van der Waals surface area contributed by atoms with Crippen LogP contribution in [0.2, 0.25) is 0 Å². The lowest BCUT2D eigenvalue weighted by Gasteiger charge is -2.19. The third-order valence-electron chi connectivity index (χ3n) is 3.33. The minimum Gasteiger partial charge on any atom is -0.314 e. The van der Waals surface area contributed by atoms with Gasteiger partial charge in [0.2, 0.25) is 0 Å². The average Bonchev–Trinajstić information content (AvgIpc) is 2.79. The first kappa shape index (κ1) is 14.5. The zero-order valence-corrected chi connectivity index (χ0v) is 13.0. The summed E-state index contributed by atoms with van der Waals surface area (Å²) in [6.07, 6.45) is 3.52. The topological polar surface area (TPSA) is 24.9 Å². The number of rotatable bonds is 7. The Bertz CT molecular complexity index is 504. The fourth-order valence-corrected chi connectivity index (χ4v) is 3.38. The summed E-state index contributed by atoms with van der Waals surface area (Å²) in [6, 6.07) is 9.04. The second-order valence-corrected chi connectivity index (χ2v) is 6.47. The molecule has 2 aromatic rings. The molecule has 1 aromatic heterocycles. The molecule has 1 N–H and O–H groups in total. The van der Waals surface area contributed by atoms with Gasteiger partial charge >= 0.3 is 0 Å². The summed E-state index contributed by atoms with van der Waals surface area (Å²) in [7, 11) is 0. The molecule has 0 radical (unpaired) electrons. The molecule has 2 rings (SSSR count). The largest absolute Gasteiger partial charge is 0.314 e. The summed E-state index contributed by atoms with van der Waals surface area (Å²) >= 11 is 1.66. The molecule has 0 aliphatic carbocycles. The van der Waals surface area contributed by atoms with Gasteiger partial charge in [0, 0.05) is 16.3 Å². The van der Waals surface area contributed by atoms with Crippen LogP contribution in [0.5, 0.6) is 0 Å². The molecular weight excluding hydrogens is 252 g/mol. The first-order valence-corrected chi connectivity index (χ1v) is 8.04. The van der Waals surface area contributed by atoms with Crippen LogP contribution < -0.4 is 5.32 Å². The van der Waals surface area contributed by atoms with Crippen LogP contribution in [0.4, 0.5) is 0 Å². The van der Waals surface area contributed by atoms with E-state index in [-0.39, 0.29) is 0 Å². The van der Waals surface area contributed by atoms with Crippen LogP contribution in [0.15, 0.2) is 24.3 Å². The number of nitrogens with zero attached hydrogens (tertiary/aromatic N) is 1. The molecule has 2 nitrogen and oxygen atoms in total.